The number of carbonyl (C=O) groups excluding carboxylic acids is 1. The van der Waals surface area contributed by atoms with Crippen molar-refractivity contribution in [2.75, 3.05) is 5.32 Å². The third-order valence-corrected chi connectivity index (χ3v) is 4.06. The topological polar surface area (TPSA) is 29.1 Å². The van der Waals surface area contributed by atoms with E-state index in [1.54, 1.807) is 0 Å². The van der Waals surface area contributed by atoms with Crippen LogP contribution < -0.4 is 5.32 Å². The molecule has 0 radical (unpaired) electrons. The first-order valence-corrected chi connectivity index (χ1v) is 7.13. The van der Waals surface area contributed by atoms with Crippen LogP contribution in [0.15, 0.2) is 30.3 Å². The number of rotatable bonds is 3. The number of anilines is 1. The van der Waals surface area contributed by atoms with E-state index in [0.717, 1.165) is 5.69 Å². The molecule has 2 nitrogen and oxygen atoms in total. The molecule has 1 aliphatic rings. The quantitative estimate of drug-likeness (QED) is 0.793. The van der Waals surface area contributed by atoms with E-state index in [4.69, 9.17) is 0 Å². The van der Waals surface area contributed by atoms with Gasteiger partial charge in [-0.2, -0.15) is 0 Å². The van der Waals surface area contributed by atoms with Gasteiger partial charge >= 0.3 is 0 Å². The van der Waals surface area contributed by atoms with Crippen LogP contribution in [0.5, 0.6) is 0 Å². The maximum atomic E-state index is 12.2. The molecule has 1 fully saturated rings. The van der Waals surface area contributed by atoms with Gasteiger partial charge in [0.2, 0.25) is 5.91 Å². The summed E-state index contributed by atoms with van der Waals surface area (Å²) < 4.78 is 0. The third kappa shape index (κ3) is 3.59. The van der Waals surface area contributed by atoms with Gasteiger partial charge in [0, 0.05) is 11.6 Å². The van der Waals surface area contributed by atoms with Crippen molar-refractivity contribution in [3.8, 4) is 0 Å². The van der Waals surface area contributed by atoms with Gasteiger partial charge in [0.1, 0.15) is 0 Å². The van der Waals surface area contributed by atoms with Gasteiger partial charge in [0.15, 0.2) is 0 Å². The van der Waals surface area contributed by atoms with Crippen molar-refractivity contribution >= 4 is 11.6 Å². The van der Waals surface area contributed by atoms with Crippen molar-refractivity contribution in [3.05, 3.63) is 30.3 Å². The Labute approximate surface area is 110 Å². The first-order valence-electron chi connectivity index (χ1n) is 7.13. The fraction of sp³-hybridized carbons (Fsp3) is 0.562. The van der Waals surface area contributed by atoms with Gasteiger partial charge in [-0.05, 0) is 30.9 Å². The third-order valence-electron chi connectivity index (χ3n) is 4.06. The largest absolute Gasteiger partial charge is 0.326 e. The second-order valence-corrected chi connectivity index (χ2v) is 5.40. The lowest BCUT2D eigenvalue weighted by Crippen LogP contribution is -2.26. The number of carbonyl (C=O) groups is 1. The molecule has 1 N–H and O–H groups in total. The average molecular weight is 245 g/mol. The zero-order valence-corrected chi connectivity index (χ0v) is 11.2. The Hall–Kier alpha value is -1.31. The number of amides is 1. The molecule has 2 heteroatoms. The average Bonchev–Trinajstić information content (AvgIpc) is 2.68. The highest BCUT2D eigenvalue weighted by atomic mass is 16.1. The van der Waals surface area contributed by atoms with Gasteiger partial charge in [0.05, 0.1) is 0 Å². The highest BCUT2D eigenvalue weighted by Crippen LogP contribution is 2.29. The monoisotopic (exact) mass is 245 g/mol. The molecule has 1 aliphatic carbocycles. The van der Waals surface area contributed by atoms with Gasteiger partial charge in [-0.3, -0.25) is 4.79 Å². The van der Waals surface area contributed by atoms with Gasteiger partial charge in [-0.15, -0.1) is 0 Å². The number of nitrogens with one attached hydrogen (secondary N) is 1. The lowest BCUT2D eigenvalue weighted by Gasteiger charge is -2.21. The zero-order chi connectivity index (χ0) is 12.8. The maximum Gasteiger partial charge on any atom is 0.227 e. The van der Waals surface area contributed by atoms with Crippen molar-refractivity contribution in [3.63, 3.8) is 0 Å². The molecule has 1 unspecified atom stereocenters. The van der Waals surface area contributed by atoms with Crippen LogP contribution in [0.25, 0.3) is 0 Å². The number of hydrogen-bond acceptors (Lipinski definition) is 1. The van der Waals surface area contributed by atoms with E-state index < -0.39 is 0 Å². The van der Waals surface area contributed by atoms with Gasteiger partial charge in [0.25, 0.3) is 0 Å². The Morgan fingerprint density at radius 2 is 1.72 bits per heavy atom. The second kappa shape index (κ2) is 6.58. The molecule has 18 heavy (non-hydrogen) atoms. The van der Waals surface area contributed by atoms with Crippen molar-refractivity contribution in [1.82, 2.24) is 0 Å². The summed E-state index contributed by atoms with van der Waals surface area (Å²) in [5.41, 5.74) is 0.906. The van der Waals surface area contributed by atoms with Crippen molar-refractivity contribution < 1.29 is 4.79 Å². The molecule has 0 aliphatic heterocycles. The van der Waals surface area contributed by atoms with Gasteiger partial charge in [-0.1, -0.05) is 50.8 Å². The minimum Gasteiger partial charge on any atom is -0.326 e. The molecule has 0 aromatic heterocycles. The molecule has 1 aromatic rings. The number of para-hydroxylation sites is 1. The minimum absolute atomic E-state index is 0.128. The molecular weight excluding hydrogens is 222 g/mol. The second-order valence-electron chi connectivity index (χ2n) is 5.40. The Morgan fingerprint density at radius 1 is 1.11 bits per heavy atom. The maximum absolute atomic E-state index is 12.2. The van der Waals surface area contributed by atoms with Crippen molar-refractivity contribution in [2.24, 2.45) is 11.8 Å². The first-order chi connectivity index (χ1) is 8.77. The van der Waals surface area contributed by atoms with Crippen LogP contribution >= 0.6 is 0 Å². The molecule has 1 saturated carbocycles. The van der Waals surface area contributed by atoms with Crippen LogP contribution in [0.4, 0.5) is 5.69 Å². The molecule has 1 amide bonds. The van der Waals surface area contributed by atoms with E-state index in [2.05, 4.69) is 12.2 Å². The summed E-state index contributed by atoms with van der Waals surface area (Å²) in [5, 5.41) is 3.02. The fourth-order valence-corrected chi connectivity index (χ4v) is 2.80. The summed E-state index contributed by atoms with van der Waals surface area (Å²) in [6.07, 6.45) is 7.67. The molecule has 0 heterocycles. The van der Waals surface area contributed by atoms with E-state index in [0.29, 0.717) is 5.92 Å². The summed E-state index contributed by atoms with van der Waals surface area (Å²) in [5.74, 6) is 0.868. The van der Waals surface area contributed by atoms with E-state index >= 15 is 0 Å². The van der Waals surface area contributed by atoms with Gasteiger partial charge in [-0.25, -0.2) is 0 Å². The smallest absolute Gasteiger partial charge is 0.227 e. The molecule has 98 valence electrons. The van der Waals surface area contributed by atoms with Crippen LogP contribution in [0.2, 0.25) is 0 Å². The van der Waals surface area contributed by atoms with Crippen molar-refractivity contribution in [2.45, 2.75) is 45.4 Å². The van der Waals surface area contributed by atoms with E-state index in [9.17, 15) is 4.79 Å². The SMILES string of the molecule is CC(C(=O)Nc1ccccc1)C1CCCCCC1. The number of benzene rings is 1. The summed E-state index contributed by atoms with van der Waals surface area (Å²) in [7, 11) is 0. The molecule has 2 rings (SSSR count). The fourth-order valence-electron chi connectivity index (χ4n) is 2.80. The van der Waals surface area contributed by atoms with Crippen molar-refractivity contribution in [1.29, 1.82) is 0 Å². The lowest BCUT2D eigenvalue weighted by molar-refractivity contribution is -0.121. The summed E-state index contributed by atoms with van der Waals surface area (Å²) in [6, 6.07) is 9.75. The van der Waals surface area contributed by atoms with E-state index in [1.807, 2.05) is 30.3 Å². The van der Waals surface area contributed by atoms with Crippen LogP contribution in [-0.2, 0) is 4.79 Å². The standard InChI is InChI=1S/C16H23NO/c1-13(14-9-5-2-3-6-10-14)16(18)17-15-11-7-4-8-12-15/h4,7-8,11-14H,2-3,5-6,9-10H2,1H3,(H,17,18). The highest BCUT2D eigenvalue weighted by molar-refractivity contribution is 5.92. The molecule has 0 saturated heterocycles. The zero-order valence-electron chi connectivity index (χ0n) is 11.2. The Bertz CT molecular complexity index is 366. The summed E-state index contributed by atoms with van der Waals surface area (Å²) in [6.45, 7) is 2.08. The lowest BCUT2D eigenvalue weighted by atomic mass is 9.87. The Morgan fingerprint density at radius 3 is 2.33 bits per heavy atom. The summed E-state index contributed by atoms with van der Waals surface area (Å²) >= 11 is 0. The molecule has 1 aromatic carbocycles. The predicted molar refractivity (Wildman–Crippen MR) is 75.4 cm³/mol. The molecule has 0 spiro atoms. The van der Waals surface area contributed by atoms with Crippen LogP contribution in [0.3, 0.4) is 0 Å². The highest BCUT2D eigenvalue weighted by Gasteiger charge is 2.24. The molecular formula is C16H23NO. The Balaban J connectivity index is 1.91. The Kier molecular flexibility index (Phi) is 4.80. The minimum atomic E-state index is 0.128. The van der Waals surface area contributed by atoms with E-state index in [1.165, 1.54) is 38.5 Å². The summed E-state index contributed by atoms with van der Waals surface area (Å²) in [4.78, 5) is 12.2. The molecule has 1 atom stereocenters. The van der Waals surface area contributed by atoms with Gasteiger partial charge < -0.3 is 5.32 Å². The normalized spacial score (nSPS) is 18.9. The molecule has 0 bridgehead atoms. The van der Waals surface area contributed by atoms with Crippen LogP contribution in [0, 0.1) is 11.8 Å². The number of hydrogen-bond donors (Lipinski definition) is 1. The van der Waals surface area contributed by atoms with E-state index in [-0.39, 0.29) is 11.8 Å². The van der Waals surface area contributed by atoms with Crippen LogP contribution in [0.1, 0.15) is 45.4 Å². The van der Waals surface area contributed by atoms with Crippen LogP contribution in [-0.4, -0.2) is 5.91 Å². The predicted octanol–water partition coefficient (Wildman–Crippen LogP) is 4.23. The first kappa shape index (κ1) is 13.1.